The van der Waals surface area contributed by atoms with Crippen molar-refractivity contribution in [3.05, 3.63) is 63.4 Å². The molecule has 0 saturated heterocycles. The topological polar surface area (TPSA) is 91.0 Å². The van der Waals surface area contributed by atoms with Crippen molar-refractivity contribution in [3.63, 3.8) is 0 Å². The molecule has 7 nitrogen and oxygen atoms in total. The first-order valence-corrected chi connectivity index (χ1v) is 7.38. The Morgan fingerprint density at radius 2 is 2.08 bits per heavy atom. The Morgan fingerprint density at radius 1 is 1.42 bits per heavy atom. The normalized spacial score (nSPS) is 18.0. The Balaban J connectivity index is 2.17. The molecule has 24 heavy (non-hydrogen) atoms. The molecule has 1 unspecified atom stereocenters. The predicted molar refractivity (Wildman–Crippen MR) is 88.6 cm³/mol. The van der Waals surface area contributed by atoms with E-state index < -0.39 is 10.9 Å². The third kappa shape index (κ3) is 3.87. The molecule has 1 aromatic rings. The van der Waals surface area contributed by atoms with Gasteiger partial charge in [-0.3, -0.25) is 10.1 Å². The van der Waals surface area contributed by atoms with Gasteiger partial charge in [0.2, 0.25) is 5.90 Å². The van der Waals surface area contributed by atoms with E-state index in [4.69, 9.17) is 9.47 Å². The number of carbonyl (C=O) groups is 1. The third-order valence-electron chi connectivity index (χ3n) is 3.59. The van der Waals surface area contributed by atoms with Crippen LogP contribution in [0.1, 0.15) is 19.4 Å². The van der Waals surface area contributed by atoms with Crippen LogP contribution in [0.3, 0.4) is 0 Å². The Kier molecular flexibility index (Phi) is 5.47. The lowest BCUT2D eigenvalue weighted by atomic mass is 10.0. The van der Waals surface area contributed by atoms with Crippen molar-refractivity contribution in [2.45, 2.75) is 13.8 Å². The number of nitrogens with zero attached hydrogens (tertiary/aromatic N) is 2. The Hall–Kier alpha value is -2.96. The summed E-state index contributed by atoms with van der Waals surface area (Å²) in [6.07, 6.45) is 3.60. The highest BCUT2D eigenvalue weighted by Gasteiger charge is 2.23. The lowest BCUT2D eigenvalue weighted by Gasteiger charge is -2.17. The van der Waals surface area contributed by atoms with E-state index in [-0.39, 0.29) is 24.0 Å². The fourth-order valence-corrected chi connectivity index (χ4v) is 2.35. The quantitative estimate of drug-likeness (QED) is 0.272. The van der Waals surface area contributed by atoms with E-state index in [0.29, 0.717) is 11.1 Å². The van der Waals surface area contributed by atoms with E-state index in [1.807, 2.05) is 19.9 Å². The molecular formula is C17H18N2O5. The highest BCUT2D eigenvalue weighted by molar-refractivity contribution is 6.07. The predicted octanol–water partition coefficient (Wildman–Crippen LogP) is 3.01. The van der Waals surface area contributed by atoms with E-state index in [2.05, 4.69) is 4.99 Å². The molecule has 0 radical (unpaired) electrons. The zero-order valence-electron chi connectivity index (χ0n) is 13.7. The van der Waals surface area contributed by atoms with Crippen LogP contribution in [-0.2, 0) is 14.3 Å². The molecule has 0 saturated carbocycles. The minimum absolute atomic E-state index is 0.0330. The number of hydrogen-bond donors (Lipinski definition) is 0. The summed E-state index contributed by atoms with van der Waals surface area (Å²) in [5.74, 6) is 0.369. The molecule has 0 aliphatic carbocycles. The highest BCUT2D eigenvalue weighted by Crippen LogP contribution is 2.20. The van der Waals surface area contributed by atoms with Crippen LogP contribution in [0.25, 0.3) is 0 Å². The number of ether oxygens (including phenoxy) is 2. The lowest BCUT2D eigenvalue weighted by Crippen LogP contribution is -2.23. The maximum atomic E-state index is 12.1. The van der Waals surface area contributed by atoms with Gasteiger partial charge in [0.25, 0.3) is 5.69 Å². The molecule has 1 aliphatic rings. The van der Waals surface area contributed by atoms with Crippen LogP contribution in [-0.4, -0.2) is 30.4 Å². The summed E-state index contributed by atoms with van der Waals surface area (Å²) in [5.41, 5.74) is 0.936. The standard InChI is InChI=1S/C17H18N2O5/c1-4-15(23-3)11(2)9-13-10-18-16(24-17(13)20)12-5-7-14(8-6-12)19(21)22/h4-9,11H,10H2,1-3H3/b13-9+,15-4+. The van der Waals surface area contributed by atoms with Crippen molar-refractivity contribution < 1.29 is 19.2 Å². The molecule has 0 aromatic heterocycles. The second-order valence-corrected chi connectivity index (χ2v) is 5.19. The Morgan fingerprint density at radius 3 is 2.58 bits per heavy atom. The summed E-state index contributed by atoms with van der Waals surface area (Å²) in [6, 6.07) is 5.70. The number of cyclic esters (lactones) is 1. The second-order valence-electron chi connectivity index (χ2n) is 5.19. The third-order valence-corrected chi connectivity index (χ3v) is 3.59. The van der Waals surface area contributed by atoms with Crippen molar-refractivity contribution in [1.29, 1.82) is 0 Å². The first kappa shape index (κ1) is 17.4. The van der Waals surface area contributed by atoms with Crippen molar-refractivity contribution in [1.82, 2.24) is 0 Å². The molecule has 1 heterocycles. The lowest BCUT2D eigenvalue weighted by molar-refractivity contribution is -0.384. The van der Waals surface area contributed by atoms with Crippen LogP contribution in [0.15, 0.2) is 52.7 Å². The van der Waals surface area contributed by atoms with E-state index >= 15 is 0 Å². The van der Waals surface area contributed by atoms with E-state index in [1.165, 1.54) is 24.3 Å². The zero-order chi connectivity index (χ0) is 17.7. The van der Waals surface area contributed by atoms with Gasteiger partial charge in [-0.2, -0.15) is 0 Å². The van der Waals surface area contributed by atoms with E-state index in [0.717, 1.165) is 5.76 Å². The van der Waals surface area contributed by atoms with Gasteiger partial charge < -0.3 is 9.47 Å². The van der Waals surface area contributed by atoms with Crippen molar-refractivity contribution in [2.75, 3.05) is 13.7 Å². The van der Waals surface area contributed by atoms with Crippen molar-refractivity contribution in [2.24, 2.45) is 10.9 Å². The number of rotatable bonds is 5. The van der Waals surface area contributed by atoms with Gasteiger partial charge in [-0.05, 0) is 25.1 Å². The molecule has 0 amide bonds. The summed E-state index contributed by atoms with van der Waals surface area (Å²) in [4.78, 5) is 26.6. The number of esters is 1. The molecule has 2 rings (SSSR count). The van der Waals surface area contributed by atoms with Gasteiger partial charge in [0.05, 0.1) is 29.9 Å². The van der Waals surface area contributed by atoms with Gasteiger partial charge >= 0.3 is 5.97 Å². The Bertz CT molecular complexity index is 732. The molecule has 0 fully saturated rings. The summed E-state index contributed by atoms with van der Waals surface area (Å²) < 4.78 is 10.5. The average Bonchev–Trinajstić information content (AvgIpc) is 2.58. The SMILES string of the molecule is C/C=C(/OC)C(C)/C=C1\CN=C(c2ccc([N+](=O)[O-])cc2)OC1=O. The smallest absolute Gasteiger partial charge is 0.342 e. The van der Waals surface area contributed by atoms with Gasteiger partial charge in [0.15, 0.2) is 0 Å². The summed E-state index contributed by atoms with van der Waals surface area (Å²) in [5, 5.41) is 10.7. The number of nitro groups is 1. The maximum absolute atomic E-state index is 12.1. The zero-order valence-corrected chi connectivity index (χ0v) is 13.7. The van der Waals surface area contributed by atoms with Crippen LogP contribution in [0, 0.1) is 16.0 Å². The first-order valence-electron chi connectivity index (χ1n) is 7.38. The van der Waals surface area contributed by atoms with E-state index in [1.54, 1.807) is 13.2 Å². The van der Waals surface area contributed by atoms with Gasteiger partial charge in [-0.25, -0.2) is 9.79 Å². The highest BCUT2D eigenvalue weighted by atomic mass is 16.6. The molecule has 1 aliphatic heterocycles. The molecule has 0 spiro atoms. The largest absolute Gasteiger partial charge is 0.501 e. The molecule has 0 N–H and O–H groups in total. The molecular weight excluding hydrogens is 312 g/mol. The molecule has 126 valence electrons. The Labute approximate surface area is 139 Å². The number of benzene rings is 1. The number of allylic oxidation sites excluding steroid dienone is 2. The second kappa shape index (κ2) is 7.54. The minimum Gasteiger partial charge on any atom is -0.501 e. The number of methoxy groups -OCH3 is 1. The minimum atomic E-state index is -0.491. The number of nitro benzene ring substituents is 1. The van der Waals surface area contributed by atoms with Gasteiger partial charge in [-0.15, -0.1) is 0 Å². The van der Waals surface area contributed by atoms with Gasteiger partial charge in [0.1, 0.15) is 0 Å². The summed E-state index contributed by atoms with van der Waals surface area (Å²) >= 11 is 0. The fourth-order valence-electron chi connectivity index (χ4n) is 2.35. The van der Waals surface area contributed by atoms with Crippen LogP contribution in [0.4, 0.5) is 5.69 Å². The van der Waals surface area contributed by atoms with Crippen molar-refractivity contribution in [3.8, 4) is 0 Å². The summed E-state index contributed by atoms with van der Waals surface area (Å²) in [7, 11) is 1.58. The maximum Gasteiger partial charge on any atom is 0.342 e. The van der Waals surface area contributed by atoms with Crippen LogP contribution < -0.4 is 0 Å². The molecule has 1 aromatic carbocycles. The number of hydrogen-bond acceptors (Lipinski definition) is 6. The monoisotopic (exact) mass is 330 g/mol. The summed E-state index contributed by atoms with van der Waals surface area (Å²) in [6.45, 7) is 3.96. The van der Waals surface area contributed by atoms with Crippen LogP contribution in [0.2, 0.25) is 0 Å². The van der Waals surface area contributed by atoms with Crippen molar-refractivity contribution >= 4 is 17.6 Å². The molecule has 0 bridgehead atoms. The molecule has 1 atom stereocenters. The average molecular weight is 330 g/mol. The number of carbonyl (C=O) groups excluding carboxylic acids is 1. The van der Waals surface area contributed by atoms with Gasteiger partial charge in [-0.1, -0.05) is 13.0 Å². The van der Waals surface area contributed by atoms with E-state index in [9.17, 15) is 14.9 Å². The van der Waals surface area contributed by atoms with Crippen LogP contribution >= 0.6 is 0 Å². The molecule has 7 heteroatoms. The first-order chi connectivity index (χ1) is 11.5. The van der Waals surface area contributed by atoms with Crippen LogP contribution in [0.5, 0.6) is 0 Å². The van der Waals surface area contributed by atoms with Gasteiger partial charge in [0, 0.05) is 23.6 Å². The number of non-ortho nitro benzene ring substituents is 1. The fraction of sp³-hybridized carbons (Fsp3) is 0.294. The number of aliphatic imine (C=N–C) groups is 1.